The molecular weight excluding hydrogens is 868 g/mol. The topological polar surface area (TPSA) is 318 Å². The van der Waals surface area contributed by atoms with Gasteiger partial charge in [-0.2, -0.15) is 0 Å². The highest BCUT2D eigenvalue weighted by atomic mass is 16.8. The van der Waals surface area contributed by atoms with Crippen LogP contribution in [0.2, 0.25) is 0 Å². The van der Waals surface area contributed by atoms with Crippen LogP contribution < -0.4 is 9.47 Å². The maximum Gasteiger partial charge on any atom is 0.337 e. The lowest BCUT2D eigenvalue weighted by atomic mass is 9.80. The van der Waals surface area contributed by atoms with Crippen LogP contribution in [0.15, 0.2) is 59.9 Å². The highest BCUT2D eigenvalue weighted by molar-refractivity contribution is 5.90. The number of carbonyl (C=O) groups is 2. The quantitative estimate of drug-likeness (QED) is 0.0799. The molecule has 65 heavy (non-hydrogen) atoms. The SMILES string of the molecule is CC=C1[C@H](O[C@H]2O[C@@H](CO)[C@H](O)[C@H](O)[C@@H]2O)OC=C(C(=O)OC)[C@@H]1CC(=O)OC[C@@H]1O[C@@H](O[C@]23CO[C@@H](c4ccc(O)c(OC)c4)[C@H]2CO[C@@H]3c2ccc(O)c(OC)c2)[C@@H](O)[C@@H](O)[C@H]1O. The standard InChI is InChI=1S/C43H54O22/c1-5-20-21(22(39(54)57-4)14-60-40(20)64-41-35(52)33(50)31(48)28(13-44)62-41)12-30(47)58-16-29-32(49)34(51)36(53)42(63-29)65-43-17-61-37(18-6-8-24(45)26(10-18)55-2)23(43)15-59-38(43)19-7-9-25(46)27(11-19)56-3/h5-11,14,21,23,28-29,31-38,40-42,44-46,48-53H,12-13,15-17H2,1-4H3/t21-,23-,28+,29+,31+,32+,33+,34+,35+,36+,37+,38-,40+,41-,42+,43-/m1/s1. The second-order valence-corrected chi connectivity index (χ2v) is 16.1. The molecule has 0 spiro atoms. The first-order chi connectivity index (χ1) is 31.1. The first-order valence-electron chi connectivity index (χ1n) is 20.7. The number of methoxy groups -OCH3 is 3. The van der Waals surface area contributed by atoms with Gasteiger partial charge in [-0.25, -0.2) is 4.79 Å². The van der Waals surface area contributed by atoms with Crippen LogP contribution in [-0.4, -0.2) is 179 Å². The number of rotatable bonds is 14. The summed E-state index contributed by atoms with van der Waals surface area (Å²) < 4.78 is 63.5. The van der Waals surface area contributed by atoms with E-state index in [1.807, 2.05) is 0 Å². The summed E-state index contributed by atoms with van der Waals surface area (Å²) in [6, 6.07) is 9.23. The zero-order chi connectivity index (χ0) is 46.9. The molecular formula is C43H54O22. The molecule has 16 atom stereocenters. The Kier molecular flexibility index (Phi) is 14.9. The van der Waals surface area contributed by atoms with Gasteiger partial charge < -0.3 is 98.1 Å². The van der Waals surface area contributed by atoms with Crippen molar-refractivity contribution >= 4 is 11.9 Å². The average molecular weight is 923 g/mol. The Morgan fingerprint density at radius 1 is 0.800 bits per heavy atom. The highest BCUT2D eigenvalue weighted by Gasteiger charge is 2.64. The number of allylic oxidation sites excluding steroid dienone is 1. The van der Waals surface area contributed by atoms with Gasteiger partial charge in [-0.1, -0.05) is 18.2 Å². The Morgan fingerprint density at radius 3 is 2.05 bits per heavy atom. The van der Waals surface area contributed by atoms with Gasteiger partial charge in [0, 0.05) is 17.4 Å². The normalized spacial score (nSPS) is 37.5. The summed E-state index contributed by atoms with van der Waals surface area (Å²) in [6.45, 7) is -0.0136. The molecule has 2 aromatic carbocycles. The molecule has 2 aromatic rings. The summed E-state index contributed by atoms with van der Waals surface area (Å²) in [5, 5.41) is 94.9. The summed E-state index contributed by atoms with van der Waals surface area (Å²) in [6.07, 6.45) is -18.2. The van der Waals surface area contributed by atoms with E-state index in [0.717, 1.165) is 13.4 Å². The Bertz CT molecular complexity index is 2080. The second kappa shape index (κ2) is 20.1. The van der Waals surface area contributed by atoms with E-state index in [-0.39, 0.29) is 47.4 Å². The summed E-state index contributed by atoms with van der Waals surface area (Å²) in [4.78, 5) is 26.5. The minimum Gasteiger partial charge on any atom is -0.504 e. The number of aromatic hydroxyl groups is 2. The van der Waals surface area contributed by atoms with Gasteiger partial charge in [0.2, 0.25) is 6.29 Å². The zero-order valence-electron chi connectivity index (χ0n) is 35.6. The molecule has 0 unspecified atom stereocenters. The fourth-order valence-corrected chi connectivity index (χ4v) is 8.85. The Morgan fingerprint density at radius 2 is 1.42 bits per heavy atom. The molecule has 0 aromatic heterocycles. The molecule has 0 amide bonds. The van der Waals surface area contributed by atoms with Crippen molar-refractivity contribution in [2.75, 3.05) is 47.8 Å². The molecule has 5 aliphatic heterocycles. The van der Waals surface area contributed by atoms with E-state index in [1.165, 1.54) is 32.4 Å². The molecule has 7 rings (SSSR count). The van der Waals surface area contributed by atoms with Gasteiger partial charge in [-0.15, -0.1) is 0 Å². The number of hydrogen-bond donors (Lipinski definition) is 9. The van der Waals surface area contributed by atoms with Crippen molar-refractivity contribution in [1.82, 2.24) is 0 Å². The molecule has 22 heteroatoms. The molecule has 0 bridgehead atoms. The van der Waals surface area contributed by atoms with E-state index < -0.39 is 129 Å². The van der Waals surface area contributed by atoms with Crippen LogP contribution in [0.5, 0.6) is 23.0 Å². The number of esters is 2. The fourth-order valence-electron chi connectivity index (χ4n) is 8.85. The van der Waals surface area contributed by atoms with Gasteiger partial charge in [0.1, 0.15) is 67.1 Å². The van der Waals surface area contributed by atoms with Gasteiger partial charge in [0.05, 0.1) is 65.5 Å². The van der Waals surface area contributed by atoms with Crippen LogP contribution in [0.3, 0.4) is 0 Å². The lowest BCUT2D eigenvalue weighted by molar-refractivity contribution is -0.334. The molecule has 9 N–H and O–H groups in total. The lowest BCUT2D eigenvalue weighted by Gasteiger charge is -2.44. The third kappa shape index (κ3) is 9.24. The molecule has 0 radical (unpaired) electrons. The number of aliphatic hydroxyl groups is 7. The summed E-state index contributed by atoms with van der Waals surface area (Å²) in [5.41, 5.74) is -0.387. The van der Waals surface area contributed by atoms with Crippen molar-refractivity contribution < 1.29 is 108 Å². The highest BCUT2D eigenvalue weighted by Crippen LogP contribution is 2.57. The predicted molar refractivity (Wildman–Crippen MR) is 213 cm³/mol. The summed E-state index contributed by atoms with van der Waals surface area (Å²) in [5.74, 6) is -3.54. The van der Waals surface area contributed by atoms with Crippen molar-refractivity contribution in [3.8, 4) is 23.0 Å². The van der Waals surface area contributed by atoms with Crippen LogP contribution in [0.25, 0.3) is 0 Å². The van der Waals surface area contributed by atoms with Gasteiger partial charge in [0.25, 0.3) is 0 Å². The molecule has 358 valence electrons. The summed E-state index contributed by atoms with van der Waals surface area (Å²) in [7, 11) is 3.88. The third-order valence-corrected chi connectivity index (χ3v) is 12.4. The fraction of sp³-hybridized carbons (Fsp3) is 0.581. The molecule has 0 saturated carbocycles. The monoisotopic (exact) mass is 922 g/mol. The number of benzene rings is 2. The zero-order valence-corrected chi connectivity index (χ0v) is 35.6. The van der Waals surface area contributed by atoms with E-state index in [4.69, 9.17) is 52.1 Å². The van der Waals surface area contributed by atoms with Crippen molar-refractivity contribution in [2.24, 2.45) is 11.8 Å². The molecule has 4 fully saturated rings. The third-order valence-electron chi connectivity index (χ3n) is 12.4. The number of phenols is 2. The molecule has 0 aliphatic carbocycles. The molecule has 4 saturated heterocycles. The number of fused-ring (bicyclic) bond motifs is 1. The smallest absolute Gasteiger partial charge is 0.337 e. The summed E-state index contributed by atoms with van der Waals surface area (Å²) >= 11 is 0. The van der Waals surface area contributed by atoms with Crippen molar-refractivity contribution in [3.05, 3.63) is 71.0 Å². The van der Waals surface area contributed by atoms with Crippen LogP contribution in [-0.2, 0) is 52.2 Å². The molecule has 5 heterocycles. The van der Waals surface area contributed by atoms with Gasteiger partial charge in [-0.3, -0.25) is 4.79 Å². The Balaban J connectivity index is 1.09. The van der Waals surface area contributed by atoms with Gasteiger partial charge >= 0.3 is 11.9 Å². The van der Waals surface area contributed by atoms with E-state index in [2.05, 4.69) is 0 Å². The molecule has 5 aliphatic rings. The second-order valence-electron chi connectivity index (χ2n) is 16.1. The van der Waals surface area contributed by atoms with Crippen LogP contribution in [0.4, 0.5) is 0 Å². The number of phenolic OH excluding ortho intramolecular Hbond substituents is 2. The first kappa shape index (κ1) is 48.3. The predicted octanol–water partition coefficient (Wildman–Crippen LogP) is -1.14. The maximum absolute atomic E-state index is 13.6. The first-order valence-corrected chi connectivity index (χ1v) is 20.7. The van der Waals surface area contributed by atoms with Gasteiger partial charge in [0.15, 0.2) is 35.6 Å². The number of aliphatic hydroxyl groups excluding tert-OH is 7. The largest absolute Gasteiger partial charge is 0.504 e. The minimum absolute atomic E-state index is 0.0353. The lowest BCUT2D eigenvalue weighted by Crippen LogP contribution is -2.62. The number of hydrogen-bond acceptors (Lipinski definition) is 22. The van der Waals surface area contributed by atoms with E-state index in [1.54, 1.807) is 31.2 Å². The van der Waals surface area contributed by atoms with Crippen LogP contribution >= 0.6 is 0 Å². The van der Waals surface area contributed by atoms with Crippen molar-refractivity contribution in [3.63, 3.8) is 0 Å². The van der Waals surface area contributed by atoms with E-state index in [9.17, 15) is 55.5 Å². The van der Waals surface area contributed by atoms with Gasteiger partial charge in [-0.05, 0) is 42.3 Å². The number of carbonyl (C=O) groups excluding carboxylic acids is 2. The van der Waals surface area contributed by atoms with Crippen LogP contribution in [0.1, 0.15) is 36.7 Å². The van der Waals surface area contributed by atoms with Crippen molar-refractivity contribution in [2.45, 2.75) is 98.9 Å². The van der Waals surface area contributed by atoms with Crippen LogP contribution in [0, 0.1) is 11.8 Å². The maximum atomic E-state index is 13.6. The average Bonchev–Trinajstić information content (AvgIpc) is 3.85. The van der Waals surface area contributed by atoms with Crippen molar-refractivity contribution in [1.29, 1.82) is 0 Å². The van der Waals surface area contributed by atoms with E-state index in [0.29, 0.717) is 11.1 Å². The Hall–Kier alpha value is -4.66. The minimum atomic E-state index is -1.89. The number of ether oxygens (including phenoxy) is 11. The Labute approximate surface area is 371 Å². The van der Waals surface area contributed by atoms with E-state index >= 15 is 0 Å². The molecule has 22 nitrogen and oxygen atoms in total.